The molecule has 168 valence electrons. The van der Waals surface area contributed by atoms with Crippen LogP contribution in [-0.4, -0.2) is 14.9 Å². The van der Waals surface area contributed by atoms with Crippen LogP contribution in [0.1, 0.15) is 36.1 Å². The van der Waals surface area contributed by atoms with Gasteiger partial charge in [0, 0.05) is 16.8 Å². The summed E-state index contributed by atoms with van der Waals surface area (Å²) in [5.74, 6) is 0. The van der Waals surface area contributed by atoms with Crippen LogP contribution >= 0.6 is 0 Å². The van der Waals surface area contributed by atoms with Crippen molar-refractivity contribution < 1.29 is 0 Å². The molecule has 2 aliphatic rings. The van der Waals surface area contributed by atoms with E-state index >= 15 is 0 Å². The van der Waals surface area contributed by atoms with E-state index in [1.165, 1.54) is 44.6 Å². The SMILES string of the molecule is Cc1cccc2c1N(B1c3ccccc3[Si](C)(C)c3ccccc31)c1c(C)cccc1C2(C)C. The third-order valence-electron chi connectivity index (χ3n) is 8.42. The second-order valence-corrected chi connectivity index (χ2v) is 15.5. The molecule has 4 aromatic carbocycles. The van der Waals surface area contributed by atoms with Gasteiger partial charge >= 0.3 is 6.85 Å². The van der Waals surface area contributed by atoms with Crippen molar-refractivity contribution in [3.05, 3.63) is 107 Å². The van der Waals surface area contributed by atoms with Gasteiger partial charge in [0.05, 0.1) is 0 Å². The zero-order valence-corrected chi connectivity index (χ0v) is 22.1. The molecule has 0 spiro atoms. The Hall–Kier alpha value is -3.04. The van der Waals surface area contributed by atoms with Gasteiger partial charge in [-0.3, -0.25) is 0 Å². The zero-order valence-electron chi connectivity index (χ0n) is 21.1. The minimum atomic E-state index is -1.80. The number of benzene rings is 4. The maximum absolute atomic E-state index is 2.70. The molecule has 0 bridgehead atoms. The second kappa shape index (κ2) is 7.23. The zero-order chi connectivity index (χ0) is 23.8. The van der Waals surface area contributed by atoms with E-state index in [0.717, 1.165) is 0 Å². The first-order chi connectivity index (χ1) is 16.2. The maximum atomic E-state index is 2.70. The highest BCUT2D eigenvalue weighted by molar-refractivity contribution is 7.11. The third-order valence-corrected chi connectivity index (χ3v) is 12.0. The lowest BCUT2D eigenvalue weighted by molar-refractivity contribution is 0.632. The van der Waals surface area contributed by atoms with Crippen molar-refractivity contribution >= 4 is 47.6 Å². The number of nitrogens with zero attached hydrogens (tertiary/aromatic N) is 1. The molecule has 0 unspecified atom stereocenters. The molecule has 0 saturated carbocycles. The van der Waals surface area contributed by atoms with E-state index in [2.05, 4.69) is 131 Å². The second-order valence-electron chi connectivity index (χ2n) is 11.1. The molecular formula is C31H32BNSi. The molecule has 0 atom stereocenters. The molecule has 0 amide bonds. The topological polar surface area (TPSA) is 3.24 Å². The third kappa shape index (κ3) is 2.74. The molecule has 0 radical (unpaired) electrons. The first-order valence-corrected chi connectivity index (χ1v) is 15.4. The summed E-state index contributed by atoms with van der Waals surface area (Å²) < 4.78 is 0. The molecule has 6 rings (SSSR count). The van der Waals surface area contributed by atoms with E-state index in [1.54, 1.807) is 10.4 Å². The standard InChI is InChI=1S/C31H32BNSi/c1-21-13-11-15-23-29(21)33(30-22(2)14-12-16-24(30)31(23,3)4)32-25-17-7-9-19-27(25)34(5,6)28-20-10-8-18-26(28)32/h7-20H,1-6H3. The molecule has 2 heterocycles. The molecule has 0 fully saturated rings. The number of hydrogen-bond donors (Lipinski definition) is 0. The van der Waals surface area contributed by atoms with Crippen LogP contribution in [0, 0.1) is 13.8 Å². The van der Waals surface area contributed by atoms with Crippen LogP contribution in [0.2, 0.25) is 13.1 Å². The van der Waals surface area contributed by atoms with Crippen LogP contribution in [0.4, 0.5) is 11.4 Å². The first kappa shape index (κ1) is 21.5. The molecule has 0 N–H and O–H groups in total. The minimum absolute atomic E-state index is 0.0546. The van der Waals surface area contributed by atoms with Crippen molar-refractivity contribution in [3.63, 3.8) is 0 Å². The number of fused-ring (bicyclic) bond motifs is 4. The fraction of sp³-hybridized carbons (Fsp3) is 0.226. The molecule has 3 heteroatoms. The van der Waals surface area contributed by atoms with Gasteiger partial charge in [-0.25, -0.2) is 0 Å². The largest absolute Gasteiger partial charge is 0.376 e. The fourth-order valence-corrected chi connectivity index (χ4v) is 9.88. The van der Waals surface area contributed by atoms with Crippen LogP contribution in [0.15, 0.2) is 84.9 Å². The highest BCUT2D eigenvalue weighted by Crippen LogP contribution is 2.51. The van der Waals surface area contributed by atoms with Crippen LogP contribution in [-0.2, 0) is 5.41 Å². The Morgan fingerprint density at radius 3 is 1.53 bits per heavy atom. The van der Waals surface area contributed by atoms with E-state index in [-0.39, 0.29) is 12.3 Å². The van der Waals surface area contributed by atoms with Crippen molar-refractivity contribution in [2.75, 3.05) is 4.81 Å². The van der Waals surface area contributed by atoms with E-state index in [1.807, 2.05) is 0 Å². The lowest BCUT2D eigenvalue weighted by Gasteiger charge is -2.49. The maximum Gasteiger partial charge on any atom is 0.327 e. The van der Waals surface area contributed by atoms with Gasteiger partial charge in [0.15, 0.2) is 0 Å². The minimum Gasteiger partial charge on any atom is -0.376 e. The number of para-hydroxylation sites is 2. The van der Waals surface area contributed by atoms with Gasteiger partial charge in [-0.15, -0.1) is 0 Å². The van der Waals surface area contributed by atoms with E-state index in [0.29, 0.717) is 0 Å². The van der Waals surface area contributed by atoms with Gasteiger partial charge < -0.3 is 4.81 Å². The van der Waals surface area contributed by atoms with Crippen molar-refractivity contribution in [2.24, 2.45) is 0 Å². The van der Waals surface area contributed by atoms with Crippen molar-refractivity contribution in [1.82, 2.24) is 0 Å². The van der Waals surface area contributed by atoms with E-state index in [4.69, 9.17) is 0 Å². The van der Waals surface area contributed by atoms with Gasteiger partial charge in [0.25, 0.3) is 0 Å². The quantitative estimate of drug-likeness (QED) is 0.363. The lowest BCUT2D eigenvalue weighted by atomic mass is 9.47. The summed E-state index contributed by atoms with van der Waals surface area (Å²) in [6.45, 7) is 14.5. The predicted molar refractivity (Wildman–Crippen MR) is 151 cm³/mol. The molecule has 4 aromatic rings. The van der Waals surface area contributed by atoms with Crippen LogP contribution in [0.5, 0.6) is 0 Å². The molecule has 34 heavy (non-hydrogen) atoms. The summed E-state index contributed by atoms with van der Waals surface area (Å²) >= 11 is 0. The average Bonchev–Trinajstić information content (AvgIpc) is 2.82. The highest BCUT2D eigenvalue weighted by atomic mass is 28.3. The predicted octanol–water partition coefficient (Wildman–Crippen LogP) is 5.02. The van der Waals surface area contributed by atoms with Gasteiger partial charge in [0.2, 0.25) is 0 Å². The van der Waals surface area contributed by atoms with Crippen molar-refractivity contribution in [1.29, 1.82) is 0 Å². The Kier molecular flexibility index (Phi) is 4.57. The Labute approximate surface area is 205 Å². The van der Waals surface area contributed by atoms with Crippen LogP contribution < -0.4 is 26.1 Å². The molecule has 0 aromatic heterocycles. The normalized spacial score (nSPS) is 16.9. The van der Waals surface area contributed by atoms with Crippen LogP contribution in [0.25, 0.3) is 0 Å². The number of anilines is 2. The summed E-state index contributed by atoms with van der Waals surface area (Å²) in [5, 5.41) is 3.13. The van der Waals surface area contributed by atoms with Gasteiger partial charge in [0.1, 0.15) is 8.07 Å². The molecule has 1 nitrogen and oxygen atoms in total. The highest BCUT2D eigenvalue weighted by Gasteiger charge is 2.48. The van der Waals surface area contributed by atoms with Crippen molar-refractivity contribution in [2.45, 2.75) is 46.2 Å². The van der Waals surface area contributed by atoms with E-state index in [9.17, 15) is 0 Å². The molecular weight excluding hydrogens is 425 g/mol. The van der Waals surface area contributed by atoms with Gasteiger partial charge in [-0.2, -0.15) is 0 Å². The average molecular weight is 458 g/mol. The van der Waals surface area contributed by atoms with Crippen LogP contribution in [0.3, 0.4) is 0 Å². The molecule has 0 saturated heterocycles. The summed E-state index contributed by atoms with van der Waals surface area (Å²) in [6.07, 6.45) is 0. The molecule has 2 aliphatic heterocycles. The Morgan fingerprint density at radius 2 is 1.06 bits per heavy atom. The summed E-state index contributed by atoms with van der Waals surface area (Å²) in [7, 11) is -1.80. The smallest absolute Gasteiger partial charge is 0.327 e. The summed E-state index contributed by atoms with van der Waals surface area (Å²) in [6, 6.07) is 32.2. The monoisotopic (exact) mass is 457 g/mol. The number of rotatable bonds is 1. The van der Waals surface area contributed by atoms with Gasteiger partial charge in [-0.1, -0.05) is 133 Å². The fourth-order valence-electron chi connectivity index (χ4n) is 6.68. The summed E-state index contributed by atoms with van der Waals surface area (Å²) in [4.78, 5) is 2.70. The van der Waals surface area contributed by atoms with Crippen molar-refractivity contribution in [3.8, 4) is 0 Å². The van der Waals surface area contributed by atoms with Gasteiger partial charge in [-0.05, 0) is 36.1 Å². The Bertz CT molecular complexity index is 1350. The molecule has 0 aliphatic carbocycles. The first-order valence-electron chi connectivity index (χ1n) is 12.4. The number of hydrogen-bond acceptors (Lipinski definition) is 1. The Balaban J connectivity index is 1.76. The Morgan fingerprint density at radius 1 is 0.618 bits per heavy atom. The lowest BCUT2D eigenvalue weighted by Crippen LogP contribution is -2.77. The number of aryl methyl sites for hydroxylation is 2. The van der Waals surface area contributed by atoms with E-state index < -0.39 is 8.07 Å². The summed E-state index contributed by atoms with van der Waals surface area (Å²) in [5.41, 5.74) is 11.2.